The third-order valence-corrected chi connectivity index (χ3v) is 7.82. The third-order valence-electron chi connectivity index (χ3n) is 6.78. The number of aryl methyl sites for hydroxylation is 2. The van der Waals surface area contributed by atoms with Crippen LogP contribution in [0.5, 0.6) is 5.88 Å². The molecule has 1 aliphatic heterocycles. The van der Waals surface area contributed by atoms with Crippen LogP contribution in [-0.2, 0) is 34.9 Å². The fourth-order valence-corrected chi connectivity index (χ4v) is 4.78. The maximum Gasteiger partial charge on any atom is 0.523 e. The van der Waals surface area contributed by atoms with Gasteiger partial charge in [0.15, 0.2) is 0 Å². The Morgan fingerprint density at radius 2 is 1.58 bits per heavy atom. The third kappa shape index (κ3) is 8.26. The van der Waals surface area contributed by atoms with Crippen LogP contribution in [0.3, 0.4) is 0 Å². The van der Waals surface area contributed by atoms with Crippen molar-refractivity contribution in [2.45, 2.75) is 50.6 Å². The highest BCUT2D eigenvalue weighted by molar-refractivity contribution is 7.87. The number of alkyl halides is 3. The van der Waals surface area contributed by atoms with Gasteiger partial charge in [0.1, 0.15) is 25.0 Å². The molecule has 4 rings (SSSR count). The standard InChI is InChI=1S/C29H29F3N2O10S/c1-17-4-8-19(9-5-17)26(35)41-16-23-22(44-27(36)20-10-6-18(2)7-11-20)14-24(43-23)34-15-21(25(40-3)33-28(34)37)12-13-42-45(38,39)29(30,31)32/h4-11,15,22-24H,12-14,16H2,1-3H3/t22-,23+,24-/m0/s1. The van der Waals surface area contributed by atoms with Crippen molar-refractivity contribution in [1.29, 1.82) is 0 Å². The second kappa shape index (κ2) is 13.8. The van der Waals surface area contributed by atoms with Gasteiger partial charge in [0, 0.05) is 24.6 Å². The van der Waals surface area contributed by atoms with Gasteiger partial charge in [-0.1, -0.05) is 35.4 Å². The van der Waals surface area contributed by atoms with E-state index < -0.39 is 64.7 Å². The molecule has 0 aliphatic carbocycles. The normalized spacial score (nSPS) is 18.4. The zero-order chi connectivity index (χ0) is 32.9. The smallest absolute Gasteiger partial charge is 0.481 e. The molecule has 0 N–H and O–H groups in total. The largest absolute Gasteiger partial charge is 0.523 e. The van der Waals surface area contributed by atoms with E-state index in [1.165, 1.54) is 6.20 Å². The second-order valence-corrected chi connectivity index (χ2v) is 11.7. The van der Waals surface area contributed by atoms with Gasteiger partial charge >= 0.3 is 33.3 Å². The SMILES string of the molecule is COc1nc(=O)n([C@@H]2C[C@H](OC(=O)c3ccc(C)cc3)[C@@H](COC(=O)c3ccc(C)cc3)O2)cc1CCOS(=O)(=O)C(F)(F)F. The molecule has 0 amide bonds. The number of methoxy groups -OCH3 is 1. The van der Waals surface area contributed by atoms with Gasteiger partial charge in [0.05, 0.1) is 24.8 Å². The van der Waals surface area contributed by atoms with Gasteiger partial charge in [-0.2, -0.15) is 26.6 Å². The minimum absolute atomic E-state index is 0.0283. The summed E-state index contributed by atoms with van der Waals surface area (Å²) < 4.78 is 87.7. The zero-order valence-corrected chi connectivity index (χ0v) is 25.1. The molecule has 0 spiro atoms. The summed E-state index contributed by atoms with van der Waals surface area (Å²) in [6.07, 6.45) is -2.54. The number of carbonyl (C=O) groups excluding carboxylic acids is 2. The predicted molar refractivity (Wildman–Crippen MR) is 150 cm³/mol. The topological polar surface area (TPSA) is 149 Å². The summed E-state index contributed by atoms with van der Waals surface area (Å²) in [4.78, 5) is 42.3. The molecule has 0 bridgehead atoms. The molecule has 0 saturated carbocycles. The first-order valence-electron chi connectivity index (χ1n) is 13.5. The average Bonchev–Trinajstić information content (AvgIpc) is 3.38. The van der Waals surface area contributed by atoms with Crippen LogP contribution in [0.2, 0.25) is 0 Å². The average molecular weight is 655 g/mol. The molecule has 12 nitrogen and oxygen atoms in total. The van der Waals surface area contributed by atoms with Gasteiger partial charge in [-0.3, -0.25) is 8.75 Å². The van der Waals surface area contributed by atoms with Crippen molar-refractivity contribution >= 4 is 22.1 Å². The lowest BCUT2D eigenvalue weighted by atomic mass is 10.1. The summed E-state index contributed by atoms with van der Waals surface area (Å²) in [6, 6.07) is 13.2. The molecule has 0 unspecified atom stereocenters. The first kappa shape index (κ1) is 33.6. The van der Waals surface area contributed by atoms with Crippen molar-refractivity contribution in [3.8, 4) is 5.88 Å². The molecular weight excluding hydrogens is 625 g/mol. The van der Waals surface area contributed by atoms with E-state index in [0.29, 0.717) is 0 Å². The maximum absolute atomic E-state index is 12.9. The van der Waals surface area contributed by atoms with Crippen molar-refractivity contribution in [2.24, 2.45) is 0 Å². The summed E-state index contributed by atoms with van der Waals surface area (Å²) in [7, 11) is -4.69. The highest BCUT2D eigenvalue weighted by Gasteiger charge is 2.47. The maximum atomic E-state index is 12.9. The van der Waals surface area contributed by atoms with Crippen LogP contribution in [-0.4, -0.2) is 67.9 Å². The Kier molecular flexibility index (Phi) is 10.3. The van der Waals surface area contributed by atoms with E-state index in [1.54, 1.807) is 48.5 Å². The summed E-state index contributed by atoms with van der Waals surface area (Å²) in [5.41, 5.74) is -4.10. The number of nitrogens with zero attached hydrogens (tertiary/aromatic N) is 2. The van der Waals surface area contributed by atoms with Crippen LogP contribution in [0.15, 0.2) is 59.5 Å². The van der Waals surface area contributed by atoms with Gasteiger partial charge in [0.25, 0.3) is 0 Å². The molecule has 2 heterocycles. The van der Waals surface area contributed by atoms with Gasteiger partial charge in [0.2, 0.25) is 5.88 Å². The Hall–Kier alpha value is -4.28. The number of rotatable bonds is 11. The monoisotopic (exact) mass is 654 g/mol. The molecule has 1 aliphatic rings. The molecular formula is C29H29F3N2O10S. The molecule has 3 aromatic rings. The van der Waals surface area contributed by atoms with Crippen molar-refractivity contribution in [3.05, 3.63) is 93.0 Å². The highest BCUT2D eigenvalue weighted by atomic mass is 32.2. The highest BCUT2D eigenvalue weighted by Crippen LogP contribution is 2.32. The van der Waals surface area contributed by atoms with E-state index in [2.05, 4.69) is 9.17 Å². The minimum atomic E-state index is -5.85. The minimum Gasteiger partial charge on any atom is -0.481 e. The summed E-state index contributed by atoms with van der Waals surface area (Å²) in [5.74, 6) is -1.62. The Labute approximate surface area is 255 Å². The van der Waals surface area contributed by atoms with E-state index in [4.69, 9.17) is 18.9 Å². The van der Waals surface area contributed by atoms with Crippen LogP contribution >= 0.6 is 0 Å². The van der Waals surface area contributed by atoms with Crippen LogP contribution in [0.4, 0.5) is 13.2 Å². The van der Waals surface area contributed by atoms with Gasteiger partial charge < -0.3 is 18.9 Å². The van der Waals surface area contributed by atoms with E-state index >= 15 is 0 Å². The summed E-state index contributed by atoms with van der Waals surface area (Å²) >= 11 is 0. The van der Waals surface area contributed by atoms with E-state index in [0.717, 1.165) is 22.8 Å². The Morgan fingerprint density at radius 1 is 1.00 bits per heavy atom. The first-order valence-corrected chi connectivity index (χ1v) is 14.9. The number of esters is 2. The van der Waals surface area contributed by atoms with Crippen LogP contribution in [0, 0.1) is 13.8 Å². The fraction of sp³-hybridized carbons (Fsp3) is 0.379. The molecule has 3 atom stereocenters. The lowest BCUT2D eigenvalue weighted by Crippen LogP contribution is -2.32. The van der Waals surface area contributed by atoms with Crippen molar-refractivity contribution in [3.63, 3.8) is 0 Å². The number of hydrogen-bond acceptors (Lipinski definition) is 11. The number of carbonyl (C=O) groups is 2. The zero-order valence-electron chi connectivity index (χ0n) is 24.3. The van der Waals surface area contributed by atoms with Crippen molar-refractivity contribution in [2.75, 3.05) is 20.3 Å². The van der Waals surface area contributed by atoms with E-state index in [9.17, 15) is 36.0 Å². The van der Waals surface area contributed by atoms with Gasteiger partial charge in [-0.25, -0.2) is 14.4 Å². The van der Waals surface area contributed by atoms with E-state index in [-0.39, 0.29) is 35.6 Å². The van der Waals surface area contributed by atoms with E-state index in [1.807, 2.05) is 13.8 Å². The molecule has 1 saturated heterocycles. The quantitative estimate of drug-likeness (QED) is 0.169. The molecule has 1 aromatic heterocycles. The molecule has 1 fully saturated rings. The number of aromatic nitrogens is 2. The van der Waals surface area contributed by atoms with Crippen molar-refractivity contribution < 1.29 is 54.3 Å². The van der Waals surface area contributed by atoms with Crippen LogP contribution in [0.25, 0.3) is 0 Å². The fourth-order valence-electron chi connectivity index (χ4n) is 4.35. The van der Waals surface area contributed by atoms with Crippen molar-refractivity contribution in [1.82, 2.24) is 9.55 Å². The number of hydrogen-bond donors (Lipinski definition) is 0. The first-order chi connectivity index (χ1) is 21.2. The molecule has 16 heteroatoms. The lowest BCUT2D eigenvalue weighted by Gasteiger charge is -2.19. The lowest BCUT2D eigenvalue weighted by molar-refractivity contribution is -0.0584. The molecule has 242 valence electrons. The molecule has 2 aromatic carbocycles. The number of benzene rings is 2. The Balaban J connectivity index is 1.55. The number of halogens is 3. The van der Waals surface area contributed by atoms with Gasteiger partial charge in [-0.15, -0.1) is 0 Å². The van der Waals surface area contributed by atoms with Gasteiger partial charge in [-0.05, 0) is 38.1 Å². The molecule has 0 radical (unpaired) electrons. The summed E-state index contributed by atoms with van der Waals surface area (Å²) in [6.45, 7) is 2.41. The Morgan fingerprint density at radius 3 is 2.13 bits per heavy atom. The second-order valence-electron chi connectivity index (χ2n) is 10.1. The van der Waals surface area contributed by atoms with Crippen LogP contribution < -0.4 is 10.4 Å². The summed E-state index contributed by atoms with van der Waals surface area (Å²) in [5, 5.41) is 0. The van der Waals surface area contributed by atoms with Crippen LogP contribution in [0.1, 0.15) is 50.1 Å². The Bertz CT molecular complexity index is 1690. The molecule has 45 heavy (non-hydrogen) atoms. The predicted octanol–water partition coefficient (Wildman–Crippen LogP) is 3.65. The number of ether oxygens (including phenoxy) is 4.